The number of hydrogen-bond acceptors (Lipinski definition) is 2. The third kappa shape index (κ3) is 5.47. The molecule has 0 spiro atoms. The largest absolute Gasteiger partial charge is 0.494 e. The number of ether oxygens (including phenoxy) is 1. The van der Waals surface area contributed by atoms with Crippen LogP contribution in [0, 0.1) is 5.92 Å². The first kappa shape index (κ1) is 20.6. The van der Waals surface area contributed by atoms with Gasteiger partial charge in [0.1, 0.15) is 11.5 Å². The average molecular weight is 379 g/mol. The van der Waals surface area contributed by atoms with E-state index in [1.165, 1.54) is 42.4 Å². The van der Waals surface area contributed by atoms with E-state index in [1.54, 1.807) is 0 Å². The molecule has 0 aliphatic heterocycles. The highest BCUT2D eigenvalue weighted by Gasteiger charge is 2.29. The van der Waals surface area contributed by atoms with E-state index >= 15 is 0 Å². The van der Waals surface area contributed by atoms with Crippen LogP contribution in [0.4, 0.5) is 0 Å². The Morgan fingerprint density at radius 3 is 2.11 bits per heavy atom. The molecule has 3 rings (SSSR count). The Morgan fingerprint density at radius 1 is 0.857 bits per heavy atom. The first-order chi connectivity index (χ1) is 13.7. The average Bonchev–Trinajstić information content (AvgIpc) is 2.73. The molecular formula is C26H34O2. The number of rotatable bonds is 9. The number of ketones is 1. The number of Topliss-reactive ketones (excluding diaryl/α,β-unsaturated/α-hetero) is 1. The lowest BCUT2D eigenvalue weighted by Crippen LogP contribution is -2.23. The molecule has 2 nitrogen and oxygen atoms in total. The van der Waals surface area contributed by atoms with Crippen molar-refractivity contribution >= 4 is 5.78 Å². The zero-order valence-electron chi connectivity index (χ0n) is 17.5. The van der Waals surface area contributed by atoms with Gasteiger partial charge in [-0.25, -0.2) is 0 Å². The van der Waals surface area contributed by atoms with E-state index < -0.39 is 0 Å². The van der Waals surface area contributed by atoms with Crippen LogP contribution in [0.5, 0.6) is 5.75 Å². The van der Waals surface area contributed by atoms with Crippen molar-refractivity contribution in [3.8, 4) is 16.9 Å². The Hall–Kier alpha value is -2.09. The molecular weight excluding hydrogens is 344 g/mol. The Labute approximate surface area is 170 Å². The van der Waals surface area contributed by atoms with Crippen molar-refractivity contribution in [1.29, 1.82) is 0 Å². The Morgan fingerprint density at radius 2 is 1.50 bits per heavy atom. The van der Waals surface area contributed by atoms with Gasteiger partial charge in [-0.05, 0) is 54.0 Å². The smallest absolute Gasteiger partial charge is 0.140 e. The van der Waals surface area contributed by atoms with Gasteiger partial charge in [0.15, 0.2) is 0 Å². The fraction of sp³-hybridized carbons (Fsp3) is 0.500. The Balaban J connectivity index is 1.60. The van der Waals surface area contributed by atoms with Gasteiger partial charge in [-0.1, -0.05) is 75.9 Å². The number of unbranched alkanes of at least 4 members (excludes halogenated alkanes) is 2. The van der Waals surface area contributed by atoms with E-state index in [-0.39, 0.29) is 5.92 Å². The highest BCUT2D eigenvalue weighted by Crippen LogP contribution is 2.36. The molecule has 28 heavy (non-hydrogen) atoms. The maximum Gasteiger partial charge on any atom is 0.140 e. The summed E-state index contributed by atoms with van der Waals surface area (Å²) in [6, 6.07) is 16.9. The van der Waals surface area contributed by atoms with Crippen molar-refractivity contribution in [2.75, 3.05) is 6.61 Å². The molecule has 2 heteroatoms. The topological polar surface area (TPSA) is 26.3 Å². The molecule has 0 aromatic heterocycles. The van der Waals surface area contributed by atoms with Crippen LogP contribution >= 0.6 is 0 Å². The molecule has 1 aliphatic carbocycles. The van der Waals surface area contributed by atoms with Gasteiger partial charge in [0.2, 0.25) is 0 Å². The molecule has 2 aromatic carbocycles. The maximum atomic E-state index is 12.7. The summed E-state index contributed by atoms with van der Waals surface area (Å²) >= 11 is 0. The second kappa shape index (κ2) is 10.5. The van der Waals surface area contributed by atoms with E-state index in [4.69, 9.17) is 4.74 Å². The highest BCUT2D eigenvalue weighted by atomic mass is 16.5. The third-order valence-corrected chi connectivity index (χ3v) is 5.98. The van der Waals surface area contributed by atoms with Gasteiger partial charge in [-0.3, -0.25) is 4.79 Å². The van der Waals surface area contributed by atoms with Crippen molar-refractivity contribution in [2.24, 2.45) is 5.92 Å². The zero-order valence-corrected chi connectivity index (χ0v) is 17.5. The van der Waals surface area contributed by atoms with E-state index in [0.29, 0.717) is 11.7 Å². The lowest BCUT2D eigenvalue weighted by molar-refractivity contribution is -0.123. The van der Waals surface area contributed by atoms with Crippen molar-refractivity contribution in [1.82, 2.24) is 0 Å². The normalized spacial score (nSPS) is 19.6. The van der Waals surface area contributed by atoms with Crippen molar-refractivity contribution < 1.29 is 9.53 Å². The quantitative estimate of drug-likeness (QED) is 0.432. The second-order valence-electron chi connectivity index (χ2n) is 8.16. The van der Waals surface area contributed by atoms with Crippen molar-refractivity contribution in [2.45, 2.75) is 71.1 Å². The van der Waals surface area contributed by atoms with Crippen molar-refractivity contribution in [3.05, 3.63) is 54.1 Å². The summed E-state index contributed by atoms with van der Waals surface area (Å²) in [5.41, 5.74) is 3.55. The van der Waals surface area contributed by atoms with E-state index in [1.807, 2.05) is 12.1 Å². The van der Waals surface area contributed by atoms with Crippen LogP contribution < -0.4 is 4.74 Å². The fourth-order valence-corrected chi connectivity index (χ4v) is 4.17. The minimum atomic E-state index is 0.0984. The first-order valence-corrected chi connectivity index (χ1v) is 11.1. The molecule has 1 saturated carbocycles. The summed E-state index contributed by atoms with van der Waals surface area (Å²) < 4.78 is 5.74. The number of hydrogen-bond donors (Lipinski definition) is 0. The van der Waals surface area contributed by atoms with Crippen molar-refractivity contribution in [3.63, 3.8) is 0 Å². The minimum absolute atomic E-state index is 0.0984. The van der Waals surface area contributed by atoms with Crippen LogP contribution in [0.1, 0.15) is 76.7 Å². The van der Waals surface area contributed by atoms with E-state index in [9.17, 15) is 4.79 Å². The summed E-state index contributed by atoms with van der Waals surface area (Å²) in [6.45, 7) is 5.17. The summed E-state index contributed by atoms with van der Waals surface area (Å²) in [7, 11) is 0. The van der Waals surface area contributed by atoms with Gasteiger partial charge < -0.3 is 4.74 Å². The molecule has 1 fully saturated rings. The standard InChI is InChI=1S/C26H34O2/c1-3-5-7-20-8-17-25(26(27)19-20)23-11-9-21(10-12-23)22-13-15-24(16-14-22)28-18-6-4-2/h9-16,20,25H,3-8,17-19H2,1-2H3/t20-,25+/m1/s1. The van der Waals surface area contributed by atoms with E-state index in [2.05, 4.69) is 50.2 Å². The monoisotopic (exact) mass is 378 g/mol. The number of carbonyl (C=O) groups is 1. The molecule has 2 atom stereocenters. The fourth-order valence-electron chi connectivity index (χ4n) is 4.17. The number of carbonyl (C=O) groups excluding carboxylic acids is 1. The molecule has 0 unspecified atom stereocenters. The Kier molecular flexibility index (Phi) is 7.71. The molecule has 0 amide bonds. The molecule has 0 saturated heterocycles. The molecule has 0 N–H and O–H groups in total. The summed E-state index contributed by atoms with van der Waals surface area (Å²) in [6.07, 6.45) is 8.89. The molecule has 1 aliphatic rings. The third-order valence-electron chi connectivity index (χ3n) is 5.98. The van der Waals surface area contributed by atoms with Crippen LogP contribution in [-0.4, -0.2) is 12.4 Å². The second-order valence-corrected chi connectivity index (χ2v) is 8.16. The van der Waals surface area contributed by atoms with Crippen LogP contribution in [0.25, 0.3) is 11.1 Å². The zero-order chi connectivity index (χ0) is 19.8. The summed E-state index contributed by atoms with van der Waals surface area (Å²) in [5, 5.41) is 0. The summed E-state index contributed by atoms with van der Waals surface area (Å²) in [5.74, 6) is 2.08. The predicted octanol–water partition coefficient (Wildman–Crippen LogP) is 7.18. The van der Waals surface area contributed by atoms with Gasteiger partial charge >= 0.3 is 0 Å². The highest BCUT2D eigenvalue weighted by molar-refractivity contribution is 5.86. The van der Waals surface area contributed by atoms with Crippen LogP contribution in [0.2, 0.25) is 0 Å². The van der Waals surface area contributed by atoms with Gasteiger partial charge in [0.25, 0.3) is 0 Å². The minimum Gasteiger partial charge on any atom is -0.494 e. The molecule has 2 aromatic rings. The van der Waals surface area contributed by atoms with Crippen LogP contribution in [-0.2, 0) is 4.79 Å². The summed E-state index contributed by atoms with van der Waals surface area (Å²) in [4.78, 5) is 12.7. The SMILES string of the molecule is CCCCOc1ccc(-c2ccc([C@@H]3CC[C@@H](CCCC)CC3=O)cc2)cc1. The lowest BCUT2D eigenvalue weighted by Gasteiger charge is -2.27. The van der Waals surface area contributed by atoms with Gasteiger partial charge in [-0.2, -0.15) is 0 Å². The molecule has 0 heterocycles. The van der Waals surface area contributed by atoms with Crippen LogP contribution in [0.3, 0.4) is 0 Å². The Bertz CT molecular complexity index is 730. The van der Waals surface area contributed by atoms with Crippen LogP contribution in [0.15, 0.2) is 48.5 Å². The van der Waals surface area contributed by atoms with Gasteiger partial charge in [0.05, 0.1) is 6.61 Å². The van der Waals surface area contributed by atoms with Gasteiger partial charge in [-0.15, -0.1) is 0 Å². The predicted molar refractivity (Wildman–Crippen MR) is 117 cm³/mol. The molecule has 0 bridgehead atoms. The lowest BCUT2D eigenvalue weighted by atomic mass is 9.76. The maximum absolute atomic E-state index is 12.7. The first-order valence-electron chi connectivity index (χ1n) is 11.1. The molecule has 150 valence electrons. The van der Waals surface area contributed by atoms with E-state index in [0.717, 1.165) is 38.0 Å². The molecule has 0 radical (unpaired) electrons. The number of benzene rings is 2. The van der Waals surface area contributed by atoms with Gasteiger partial charge in [0, 0.05) is 12.3 Å².